The van der Waals surface area contributed by atoms with Gasteiger partial charge in [-0.3, -0.25) is 5.32 Å². The van der Waals surface area contributed by atoms with Gasteiger partial charge in [-0.05, 0) is 24.5 Å². The monoisotopic (exact) mass is 217 g/mol. The lowest BCUT2D eigenvalue weighted by atomic mass is 9.87. The lowest BCUT2D eigenvalue weighted by Crippen LogP contribution is -2.49. The Hall–Kier alpha value is 0.660. The highest BCUT2D eigenvalue weighted by atomic mass is 32.2. The van der Waals surface area contributed by atoms with Gasteiger partial charge in [0.25, 0.3) is 0 Å². The van der Waals surface area contributed by atoms with Crippen LogP contribution in [0.4, 0.5) is 0 Å². The third kappa shape index (κ3) is 2.18. The Morgan fingerprint density at radius 3 is 2.62 bits per heavy atom. The van der Waals surface area contributed by atoms with Crippen LogP contribution in [0.5, 0.6) is 0 Å². The van der Waals surface area contributed by atoms with E-state index in [4.69, 9.17) is 0 Å². The van der Waals surface area contributed by atoms with Crippen LogP contribution in [0.15, 0.2) is 0 Å². The maximum absolute atomic E-state index is 3.77. The van der Waals surface area contributed by atoms with E-state index in [1.54, 1.807) is 0 Å². The van der Waals surface area contributed by atoms with E-state index in [2.05, 4.69) is 49.6 Å². The summed E-state index contributed by atoms with van der Waals surface area (Å²) in [6, 6.07) is 0.708. The second-order valence-electron chi connectivity index (χ2n) is 5.18. The molecule has 76 valence electrons. The molecule has 2 atom stereocenters. The fourth-order valence-corrected chi connectivity index (χ4v) is 5.65. The van der Waals surface area contributed by atoms with Crippen LogP contribution in [0, 0.1) is 5.41 Å². The van der Waals surface area contributed by atoms with Gasteiger partial charge in [0.15, 0.2) is 0 Å². The average molecular weight is 217 g/mol. The molecular formula is C10H19NS2. The summed E-state index contributed by atoms with van der Waals surface area (Å²) in [5, 5.41) is 3.77. The van der Waals surface area contributed by atoms with Crippen molar-refractivity contribution in [2.24, 2.45) is 5.41 Å². The van der Waals surface area contributed by atoms with Crippen molar-refractivity contribution < 1.29 is 0 Å². The van der Waals surface area contributed by atoms with Gasteiger partial charge in [0.05, 0.1) is 4.87 Å². The molecular weight excluding hydrogens is 198 g/mol. The van der Waals surface area contributed by atoms with Crippen LogP contribution >= 0.6 is 23.5 Å². The first kappa shape index (κ1) is 10.2. The van der Waals surface area contributed by atoms with Gasteiger partial charge in [0.2, 0.25) is 0 Å². The molecule has 0 aromatic heterocycles. The fourth-order valence-electron chi connectivity index (χ4n) is 2.37. The predicted octanol–water partition coefficient (Wildman–Crippen LogP) is 2.57. The highest BCUT2D eigenvalue weighted by molar-refractivity contribution is 8.04. The molecule has 0 radical (unpaired) electrons. The average Bonchev–Trinajstić information content (AvgIpc) is 2.29. The summed E-state index contributed by atoms with van der Waals surface area (Å²) in [6.07, 6.45) is 1.34. The smallest absolute Gasteiger partial charge is 0.0744 e. The number of thioether (sulfide) groups is 2. The molecule has 2 aliphatic rings. The van der Waals surface area contributed by atoms with Crippen molar-refractivity contribution in [1.29, 1.82) is 0 Å². The highest BCUT2D eigenvalue weighted by Gasteiger charge is 2.44. The fraction of sp³-hybridized carbons (Fsp3) is 1.00. The quantitative estimate of drug-likeness (QED) is 0.670. The van der Waals surface area contributed by atoms with Gasteiger partial charge in [-0.15, -0.1) is 11.8 Å². The van der Waals surface area contributed by atoms with Crippen molar-refractivity contribution in [3.63, 3.8) is 0 Å². The minimum absolute atomic E-state index is 0.409. The standard InChI is InChI=1S/C10H19NS2/c1-8-4-13-10(11-8)5-9(2,3)6-12-7-10/h8,11H,4-7H2,1-3H3. The van der Waals surface area contributed by atoms with Crippen molar-refractivity contribution >= 4 is 23.5 Å². The molecule has 1 spiro atoms. The van der Waals surface area contributed by atoms with Gasteiger partial charge in [-0.25, -0.2) is 0 Å². The second-order valence-corrected chi connectivity index (χ2v) is 7.57. The lowest BCUT2D eigenvalue weighted by Gasteiger charge is -2.42. The molecule has 2 fully saturated rings. The Bertz CT molecular complexity index is 201. The largest absolute Gasteiger partial charge is 0.299 e. The van der Waals surface area contributed by atoms with E-state index >= 15 is 0 Å². The van der Waals surface area contributed by atoms with Crippen LogP contribution in [0.2, 0.25) is 0 Å². The van der Waals surface area contributed by atoms with Crippen LogP contribution < -0.4 is 5.32 Å². The van der Waals surface area contributed by atoms with Crippen molar-refractivity contribution in [2.75, 3.05) is 17.3 Å². The molecule has 0 aromatic rings. The molecule has 2 heterocycles. The van der Waals surface area contributed by atoms with Gasteiger partial charge in [0.1, 0.15) is 0 Å². The Morgan fingerprint density at radius 1 is 1.31 bits per heavy atom. The summed E-state index contributed by atoms with van der Waals surface area (Å²) in [5.41, 5.74) is 0.521. The minimum Gasteiger partial charge on any atom is -0.299 e. The zero-order chi connectivity index (χ0) is 9.53. The van der Waals surface area contributed by atoms with Crippen molar-refractivity contribution in [3.05, 3.63) is 0 Å². The molecule has 2 aliphatic heterocycles. The van der Waals surface area contributed by atoms with Gasteiger partial charge in [-0.1, -0.05) is 13.8 Å². The third-order valence-corrected chi connectivity index (χ3v) is 6.20. The van der Waals surface area contributed by atoms with Crippen LogP contribution in [0.1, 0.15) is 27.2 Å². The maximum atomic E-state index is 3.77. The second kappa shape index (κ2) is 3.35. The van der Waals surface area contributed by atoms with Crippen molar-refractivity contribution in [3.8, 4) is 0 Å². The van der Waals surface area contributed by atoms with Gasteiger partial charge in [0, 0.05) is 17.5 Å². The molecule has 2 unspecified atom stereocenters. The molecule has 0 amide bonds. The van der Waals surface area contributed by atoms with Crippen molar-refractivity contribution in [1.82, 2.24) is 5.32 Å². The van der Waals surface area contributed by atoms with E-state index in [1.807, 2.05) is 0 Å². The molecule has 3 heteroatoms. The van der Waals surface area contributed by atoms with E-state index in [0.29, 0.717) is 16.3 Å². The molecule has 0 aromatic carbocycles. The summed E-state index contributed by atoms with van der Waals surface area (Å²) >= 11 is 4.26. The molecule has 0 aliphatic carbocycles. The maximum Gasteiger partial charge on any atom is 0.0744 e. The molecule has 1 N–H and O–H groups in total. The summed E-state index contributed by atoms with van der Waals surface area (Å²) < 4.78 is 0. The Labute approximate surface area is 89.8 Å². The Morgan fingerprint density at radius 2 is 2.08 bits per heavy atom. The van der Waals surface area contributed by atoms with Gasteiger partial charge < -0.3 is 0 Å². The van der Waals surface area contributed by atoms with E-state index in [9.17, 15) is 0 Å². The predicted molar refractivity (Wildman–Crippen MR) is 63.5 cm³/mol. The van der Waals surface area contributed by atoms with Crippen LogP contribution in [-0.2, 0) is 0 Å². The van der Waals surface area contributed by atoms with Crippen molar-refractivity contribution in [2.45, 2.75) is 38.1 Å². The van der Waals surface area contributed by atoms with E-state index < -0.39 is 0 Å². The first-order valence-corrected chi connectivity index (χ1v) is 7.15. The topological polar surface area (TPSA) is 12.0 Å². The first-order chi connectivity index (χ1) is 6.02. The summed E-state index contributed by atoms with van der Waals surface area (Å²) in [4.78, 5) is 0.409. The SMILES string of the molecule is CC1CSC2(CSCC(C)(C)C2)N1. The van der Waals surface area contributed by atoms with Crippen LogP contribution in [-0.4, -0.2) is 28.2 Å². The number of hydrogen-bond donors (Lipinski definition) is 1. The van der Waals surface area contributed by atoms with E-state index in [0.717, 1.165) is 0 Å². The Kier molecular flexibility index (Phi) is 2.63. The molecule has 1 nitrogen and oxygen atoms in total. The molecule has 2 saturated heterocycles. The highest BCUT2D eigenvalue weighted by Crippen LogP contribution is 2.47. The molecule has 2 rings (SSSR count). The number of nitrogens with one attached hydrogen (secondary N) is 1. The molecule has 0 bridgehead atoms. The zero-order valence-corrected chi connectivity index (χ0v) is 10.4. The van der Waals surface area contributed by atoms with Gasteiger partial charge in [-0.2, -0.15) is 11.8 Å². The minimum atomic E-state index is 0.409. The van der Waals surface area contributed by atoms with Crippen LogP contribution in [0.25, 0.3) is 0 Å². The normalized spacial score (nSPS) is 44.1. The van der Waals surface area contributed by atoms with Crippen LogP contribution in [0.3, 0.4) is 0 Å². The van der Waals surface area contributed by atoms with E-state index in [1.165, 1.54) is 23.7 Å². The first-order valence-electron chi connectivity index (χ1n) is 5.01. The number of hydrogen-bond acceptors (Lipinski definition) is 3. The molecule has 13 heavy (non-hydrogen) atoms. The zero-order valence-electron chi connectivity index (χ0n) is 8.72. The third-order valence-electron chi connectivity index (χ3n) is 2.71. The summed E-state index contributed by atoms with van der Waals surface area (Å²) in [6.45, 7) is 7.09. The summed E-state index contributed by atoms with van der Waals surface area (Å²) in [5.74, 6) is 3.91. The van der Waals surface area contributed by atoms with E-state index in [-0.39, 0.29) is 0 Å². The lowest BCUT2D eigenvalue weighted by molar-refractivity contribution is 0.296. The number of rotatable bonds is 0. The molecule has 0 saturated carbocycles. The Balaban J connectivity index is 2.07. The van der Waals surface area contributed by atoms with Gasteiger partial charge >= 0.3 is 0 Å². The summed E-state index contributed by atoms with van der Waals surface area (Å²) in [7, 11) is 0.